The van der Waals surface area contributed by atoms with E-state index in [-0.39, 0.29) is 11.7 Å². The van der Waals surface area contributed by atoms with Gasteiger partial charge in [0.1, 0.15) is 23.4 Å². The molecule has 0 aliphatic carbocycles. The van der Waals surface area contributed by atoms with Crippen molar-refractivity contribution in [3.8, 4) is 11.5 Å². The van der Waals surface area contributed by atoms with Crippen LogP contribution in [0.15, 0.2) is 109 Å². The van der Waals surface area contributed by atoms with Crippen LogP contribution in [0.3, 0.4) is 0 Å². The zero-order valence-electron chi connectivity index (χ0n) is 18.6. The fourth-order valence-electron chi connectivity index (χ4n) is 3.48. The molecule has 0 fully saturated rings. The first-order chi connectivity index (χ1) is 16.6. The van der Waals surface area contributed by atoms with Crippen LogP contribution >= 0.6 is 0 Å². The van der Waals surface area contributed by atoms with Gasteiger partial charge in [-0.1, -0.05) is 60.7 Å². The predicted octanol–water partition coefficient (Wildman–Crippen LogP) is 5.23. The third kappa shape index (κ3) is 6.01. The fraction of sp³-hybridized carbons (Fsp3) is 0.0714. The van der Waals surface area contributed by atoms with Crippen LogP contribution < -0.4 is 21.1 Å². The molecule has 0 aliphatic heterocycles. The second-order valence-electron chi connectivity index (χ2n) is 7.76. The number of hydrogen-bond acceptors (Lipinski definition) is 4. The number of amidine groups is 1. The molecule has 4 aromatic rings. The summed E-state index contributed by atoms with van der Waals surface area (Å²) in [5.74, 6) is 1.18. The highest BCUT2D eigenvalue weighted by Crippen LogP contribution is 2.27. The van der Waals surface area contributed by atoms with E-state index in [0.29, 0.717) is 17.9 Å². The molecule has 6 heteroatoms. The lowest BCUT2D eigenvalue weighted by Gasteiger charge is -2.21. The van der Waals surface area contributed by atoms with Crippen LogP contribution in [-0.2, 0) is 11.3 Å². The minimum atomic E-state index is -0.661. The largest absolute Gasteiger partial charge is 0.457 e. The van der Waals surface area contributed by atoms with Crippen molar-refractivity contribution in [2.24, 2.45) is 5.73 Å². The van der Waals surface area contributed by atoms with Crippen molar-refractivity contribution >= 4 is 17.4 Å². The van der Waals surface area contributed by atoms with Crippen molar-refractivity contribution in [3.05, 3.63) is 126 Å². The van der Waals surface area contributed by atoms with Crippen LogP contribution in [0.4, 0.5) is 5.69 Å². The number of nitrogens with two attached hydrogens (primary N) is 1. The number of carbonyl (C=O) groups excluding carboxylic acids is 1. The number of anilines is 1. The van der Waals surface area contributed by atoms with Gasteiger partial charge in [-0.15, -0.1) is 0 Å². The van der Waals surface area contributed by atoms with Crippen molar-refractivity contribution < 1.29 is 9.53 Å². The van der Waals surface area contributed by atoms with E-state index < -0.39 is 6.04 Å². The molecular formula is C28H26N4O2. The van der Waals surface area contributed by atoms with Gasteiger partial charge in [-0.2, -0.15) is 0 Å². The molecule has 0 bridgehead atoms. The average molecular weight is 451 g/mol. The number of hydrogen-bond donors (Lipinski definition) is 4. The van der Waals surface area contributed by atoms with Gasteiger partial charge >= 0.3 is 0 Å². The zero-order valence-corrected chi connectivity index (χ0v) is 18.6. The summed E-state index contributed by atoms with van der Waals surface area (Å²) >= 11 is 0. The quantitative estimate of drug-likeness (QED) is 0.207. The Hall–Kier alpha value is -4.58. The molecule has 0 unspecified atom stereocenters. The van der Waals surface area contributed by atoms with Gasteiger partial charge in [-0.05, 0) is 59.7 Å². The monoisotopic (exact) mass is 450 g/mol. The smallest absolute Gasteiger partial charge is 0.247 e. The Morgan fingerprint density at radius 1 is 0.824 bits per heavy atom. The number of carbonyl (C=O) groups is 1. The number of benzene rings is 4. The number of nitrogens with one attached hydrogen (secondary N) is 3. The van der Waals surface area contributed by atoms with Crippen molar-refractivity contribution in [3.63, 3.8) is 0 Å². The number of para-hydroxylation sites is 1. The highest BCUT2D eigenvalue weighted by Gasteiger charge is 2.21. The Bertz CT molecular complexity index is 1240. The van der Waals surface area contributed by atoms with Crippen LogP contribution in [0.5, 0.6) is 11.5 Å². The van der Waals surface area contributed by atoms with Gasteiger partial charge in [0.15, 0.2) is 0 Å². The minimum absolute atomic E-state index is 0.00512. The van der Waals surface area contributed by atoms with Crippen LogP contribution in [0.25, 0.3) is 0 Å². The molecule has 4 aromatic carbocycles. The van der Waals surface area contributed by atoms with Gasteiger partial charge in [0.2, 0.25) is 5.91 Å². The lowest BCUT2D eigenvalue weighted by atomic mass is 10.0. The first kappa shape index (κ1) is 22.6. The van der Waals surface area contributed by atoms with E-state index in [2.05, 4.69) is 10.6 Å². The van der Waals surface area contributed by atoms with Gasteiger partial charge in [0.05, 0.1) is 0 Å². The number of nitrogen functional groups attached to an aromatic ring is 1. The molecule has 6 nitrogen and oxygen atoms in total. The third-order valence-corrected chi connectivity index (χ3v) is 5.25. The average Bonchev–Trinajstić information content (AvgIpc) is 2.87. The maximum Gasteiger partial charge on any atom is 0.247 e. The first-order valence-corrected chi connectivity index (χ1v) is 10.9. The Morgan fingerprint density at radius 3 is 2.15 bits per heavy atom. The van der Waals surface area contributed by atoms with Crippen molar-refractivity contribution in [1.82, 2.24) is 5.32 Å². The molecule has 0 spiro atoms. The summed E-state index contributed by atoms with van der Waals surface area (Å²) in [4.78, 5) is 13.3. The molecule has 34 heavy (non-hydrogen) atoms. The van der Waals surface area contributed by atoms with Gasteiger partial charge in [-0.25, -0.2) is 0 Å². The number of rotatable bonds is 9. The van der Waals surface area contributed by atoms with Gasteiger partial charge < -0.3 is 21.1 Å². The molecular weight excluding hydrogens is 424 g/mol. The standard InChI is InChI=1S/C28H26N4O2/c29-27(30)21-14-16-23(17-15-21)32-26(28(33)31-19-20-8-3-1-4-9-20)22-10-7-13-25(18-22)34-24-11-5-2-6-12-24/h1-18,26,32H,19H2,(H3,29,30)(H,31,33)/t26-/m1/s1. The Labute approximate surface area is 198 Å². The summed E-state index contributed by atoms with van der Waals surface area (Å²) in [6.45, 7) is 0.418. The van der Waals surface area contributed by atoms with E-state index in [1.165, 1.54) is 0 Å². The van der Waals surface area contributed by atoms with Gasteiger partial charge in [0, 0.05) is 17.8 Å². The molecule has 0 heterocycles. The van der Waals surface area contributed by atoms with Crippen molar-refractivity contribution in [2.45, 2.75) is 12.6 Å². The van der Waals surface area contributed by atoms with Crippen molar-refractivity contribution in [2.75, 3.05) is 5.32 Å². The van der Waals surface area contributed by atoms with E-state index in [4.69, 9.17) is 15.9 Å². The SMILES string of the molecule is N=C(N)c1ccc(N[C@@H](C(=O)NCc2ccccc2)c2cccc(Oc3ccccc3)c2)cc1. The molecule has 0 aliphatic rings. The van der Waals surface area contributed by atoms with E-state index in [9.17, 15) is 4.79 Å². The number of ether oxygens (including phenoxy) is 1. The summed E-state index contributed by atoms with van der Waals surface area (Å²) < 4.78 is 5.97. The summed E-state index contributed by atoms with van der Waals surface area (Å²) in [6, 6.07) is 33.2. The van der Waals surface area contributed by atoms with Gasteiger partial charge in [-0.3, -0.25) is 10.2 Å². The van der Waals surface area contributed by atoms with Crippen molar-refractivity contribution in [1.29, 1.82) is 5.41 Å². The molecule has 170 valence electrons. The van der Waals surface area contributed by atoms with Crippen LogP contribution in [0, 0.1) is 5.41 Å². The molecule has 0 saturated carbocycles. The zero-order chi connectivity index (χ0) is 23.8. The van der Waals surface area contributed by atoms with Crippen LogP contribution in [0.2, 0.25) is 0 Å². The lowest BCUT2D eigenvalue weighted by Crippen LogP contribution is -2.33. The maximum absolute atomic E-state index is 13.3. The Kier molecular flexibility index (Phi) is 7.20. The van der Waals surface area contributed by atoms with Crippen LogP contribution in [0.1, 0.15) is 22.7 Å². The Morgan fingerprint density at radius 2 is 1.47 bits per heavy atom. The molecule has 0 radical (unpaired) electrons. The summed E-state index contributed by atoms with van der Waals surface area (Å²) in [5, 5.41) is 13.9. The van der Waals surface area contributed by atoms with Crippen LogP contribution in [-0.4, -0.2) is 11.7 Å². The molecule has 0 saturated heterocycles. The first-order valence-electron chi connectivity index (χ1n) is 10.9. The fourth-order valence-corrected chi connectivity index (χ4v) is 3.48. The normalized spacial score (nSPS) is 11.3. The van der Waals surface area contributed by atoms with Gasteiger partial charge in [0.25, 0.3) is 0 Å². The van der Waals surface area contributed by atoms with E-state index >= 15 is 0 Å². The highest BCUT2D eigenvalue weighted by molar-refractivity contribution is 5.95. The molecule has 1 amide bonds. The molecule has 5 N–H and O–H groups in total. The highest BCUT2D eigenvalue weighted by atomic mass is 16.5. The Balaban J connectivity index is 1.58. The van der Waals surface area contributed by atoms with E-state index in [1.807, 2.05) is 84.9 Å². The molecule has 1 atom stereocenters. The lowest BCUT2D eigenvalue weighted by molar-refractivity contribution is -0.122. The maximum atomic E-state index is 13.3. The van der Waals surface area contributed by atoms with E-state index in [0.717, 1.165) is 22.6 Å². The third-order valence-electron chi connectivity index (χ3n) is 5.25. The second-order valence-corrected chi connectivity index (χ2v) is 7.76. The van der Waals surface area contributed by atoms with E-state index in [1.54, 1.807) is 24.3 Å². The summed E-state index contributed by atoms with van der Waals surface area (Å²) in [7, 11) is 0. The predicted molar refractivity (Wildman–Crippen MR) is 135 cm³/mol. The molecule has 0 aromatic heterocycles. The number of amides is 1. The second kappa shape index (κ2) is 10.8. The minimum Gasteiger partial charge on any atom is -0.457 e. The topological polar surface area (TPSA) is 100 Å². The summed E-state index contributed by atoms with van der Waals surface area (Å²) in [5.41, 5.74) is 8.69. The summed E-state index contributed by atoms with van der Waals surface area (Å²) in [6.07, 6.45) is 0. The molecule has 4 rings (SSSR count).